The van der Waals surface area contributed by atoms with E-state index in [0.717, 1.165) is 37.5 Å². The van der Waals surface area contributed by atoms with Gasteiger partial charge < -0.3 is 10.5 Å². The summed E-state index contributed by atoms with van der Waals surface area (Å²) in [4.78, 5) is 25.4. The molecule has 0 amide bonds. The van der Waals surface area contributed by atoms with Gasteiger partial charge >= 0.3 is 0 Å². The lowest BCUT2D eigenvalue weighted by Gasteiger charge is -2.11. The van der Waals surface area contributed by atoms with Crippen molar-refractivity contribution in [1.82, 2.24) is 4.57 Å². The van der Waals surface area contributed by atoms with Gasteiger partial charge in [-0.2, -0.15) is 0 Å². The van der Waals surface area contributed by atoms with Crippen molar-refractivity contribution in [3.8, 4) is 5.75 Å². The number of carbonyl (C=O) groups excluding carboxylic acids is 1. The van der Waals surface area contributed by atoms with Gasteiger partial charge in [0.15, 0.2) is 0 Å². The quantitative estimate of drug-likeness (QED) is 0.220. The SMILES string of the molecule is CCCCCCCCCCCCCCCC(=O)n1c(=O)ccc2ccc(OCCCCN)cc21. The van der Waals surface area contributed by atoms with Gasteiger partial charge in [-0.3, -0.25) is 9.59 Å². The number of nitrogens with zero attached hydrogens (tertiary/aromatic N) is 1. The fraction of sp³-hybridized carbons (Fsp3) is 0.655. The van der Waals surface area contributed by atoms with Gasteiger partial charge in [0.2, 0.25) is 5.91 Å². The Morgan fingerprint density at radius 2 is 1.38 bits per heavy atom. The van der Waals surface area contributed by atoms with Gasteiger partial charge in [0.05, 0.1) is 12.1 Å². The van der Waals surface area contributed by atoms with Crippen LogP contribution in [0.25, 0.3) is 10.9 Å². The lowest BCUT2D eigenvalue weighted by Crippen LogP contribution is -2.26. The fourth-order valence-corrected chi connectivity index (χ4v) is 4.40. The molecular weight excluding hydrogens is 424 g/mol. The summed E-state index contributed by atoms with van der Waals surface area (Å²) < 4.78 is 7.11. The van der Waals surface area contributed by atoms with Crippen molar-refractivity contribution in [2.75, 3.05) is 13.2 Å². The fourth-order valence-electron chi connectivity index (χ4n) is 4.40. The van der Waals surface area contributed by atoms with E-state index in [1.807, 2.05) is 12.1 Å². The van der Waals surface area contributed by atoms with Gasteiger partial charge in [0, 0.05) is 18.6 Å². The Kier molecular flexibility index (Phi) is 14.3. The Balaban J connectivity index is 1.71. The van der Waals surface area contributed by atoms with Gasteiger partial charge in [-0.05, 0) is 49.4 Å². The first-order chi connectivity index (χ1) is 16.7. The van der Waals surface area contributed by atoms with Crippen LogP contribution in [0, 0.1) is 0 Å². The second-order valence-electron chi connectivity index (χ2n) is 9.46. The predicted molar refractivity (Wildman–Crippen MR) is 143 cm³/mol. The summed E-state index contributed by atoms with van der Waals surface area (Å²) in [5, 5.41) is 0.868. The summed E-state index contributed by atoms with van der Waals surface area (Å²) in [6, 6.07) is 8.84. The van der Waals surface area contributed by atoms with Crippen LogP contribution >= 0.6 is 0 Å². The molecule has 190 valence electrons. The molecule has 0 radical (unpaired) electrons. The molecule has 34 heavy (non-hydrogen) atoms. The molecule has 0 saturated heterocycles. The Morgan fingerprint density at radius 1 is 0.794 bits per heavy atom. The summed E-state index contributed by atoms with van der Waals surface area (Å²) in [5.41, 5.74) is 5.89. The van der Waals surface area contributed by atoms with Gasteiger partial charge in [0.1, 0.15) is 5.75 Å². The molecule has 0 bridgehead atoms. The number of rotatable bonds is 19. The van der Waals surface area contributed by atoms with Crippen molar-refractivity contribution in [1.29, 1.82) is 0 Å². The Bertz CT molecular complexity index is 891. The third-order valence-electron chi connectivity index (χ3n) is 6.48. The van der Waals surface area contributed by atoms with Crippen molar-refractivity contribution in [3.05, 3.63) is 40.7 Å². The zero-order valence-electron chi connectivity index (χ0n) is 21.4. The van der Waals surface area contributed by atoms with E-state index in [1.165, 1.54) is 74.8 Å². The molecule has 0 aliphatic heterocycles. The highest BCUT2D eigenvalue weighted by Crippen LogP contribution is 2.21. The van der Waals surface area contributed by atoms with Gasteiger partial charge in [-0.25, -0.2) is 4.57 Å². The first-order valence-electron chi connectivity index (χ1n) is 13.7. The highest BCUT2D eigenvalue weighted by molar-refractivity contribution is 5.91. The van der Waals surface area contributed by atoms with Crippen molar-refractivity contribution in [2.45, 2.75) is 110 Å². The van der Waals surface area contributed by atoms with Crippen LogP contribution in [-0.2, 0) is 0 Å². The maximum Gasteiger partial charge on any atom is 0.257 e. The first-order valence-corrected chi connectivity index (χ1v) is 13.7. The van der Waals surface area contributed by atoms with Gasteiger partial charge in [0.25, 0.3) is 5.56 Å². The third-order valence-corrected chi connectivity index (χ3v) is 6.48. The van der Waals surface area contributed by atoms with E-state index >= 15 is 0 Å². The number of carbonyl (C=O) groups is 1. The van der Waals surface area contributed by atoms with E-state index in [2.05, 4.69) is 6.92 Å². The average molecular weight is 471 g/mol. The van der Waals surface area contributed by atoms with Crippen LogP contribution < -0.4 is 16.0 Å². The summed E-state index contributed by atoms with van der Waals surface area (Å²) >= 11 is 0. The molecule has 1 heterocycles. The van der Waals surface area contributed by atoms with Crippen LogP contribution in [0.2, 0.25) is 0 Å². The standard InChI is InChI=1S/C29H46N2O3/c1-2-3-4-5-6-7-8-9-10-11-12-13-14-17-28(32)31-27-24-26(34-23-16-15-22-30)20-18-25(27)19-21-29(31)33/h18-21,24H,2-17,22-23,30H2,1H3. The number of pyridine rings is 1. The molecule has 0 saturated carbocycles. The Morgan fingerprint density at radius 3 is 2.00 bits per heavy atom. The van der Waals surface area contributed by atoms with Gasteiger partial charge in [-0.15, -0.1) is 0 Å². The van der Waals surface area contributed by atoms with Crippen molar-refractivity contribution < 1.29 is 9.53 Å². The summed E-state index contributed by atoms with van der Waals surface area (Å²) in [7, 11) is 0. The highest BCUT2D eigenvalue weighted by Gasteiger charge is 2.12. The molecule has 0 fully saturated rings. The molecule has 0 aliphatic rings. The number of nitrogens with two attached hydrogens (primary N) is 1. The molecule has 1 aromatic heterocycles. The third kappa shape index (κ3) is 10.4. The Labute approximate surface area is 206 Å². The largest absolute Gasteiger partial charge is 0.494 e. The Hall–Kier alpha value is -2.14. The van der Waals surface area contributed by atoms with Gasteiger partial charge in [-0.1, -0.05) is 84.0 Å². The summed E-state index contributed by atoms with van der Waals surface area (Å²) in [5.74, 6) is 0.552. The number of hydrogen-bond donors (Lipinski definition) is 1. The topological polar surface area (TPSA) is 74.3 Å². The van der Waals surface area contributed by atoms with Crippen LogP contribution in [0.1, 0.15) is 114 Å². The van der Waals surface area contributed by atoms with Crippen molar-refractivity contribution in [2.24, 2.45) is 5.73 Å². The minimum absolute atomic E-state index is 0.126. The van der Waals surface area contributed by atoms with E-state index in [4.69, 9.17) is 10.5 Å². The molecule has 5 heteroatoms. The number of unbranched alkanes of at least 4 members (excludes halogenated alkanes) is 13. The van der Waals surface area contributed by atoms with Crippen LogP contribution in [0.4, 0.5) is 0 Å². The monoisotopic (exact) mass is 470 g/mol. The van der Waals surface area contributed by atoms with Crippen molar-refractivity contribution in [3.63, 3.8) is 0 Å². The average Bonchev–Trinajstić information content (AvgIpc) is 2.84. The molecule has 1 aromatic carbocycles. The second kappa shape index (κ2) is 17.3. The predicted octanol–water partition coefficient (Wildman–Crippen LogP) is 7.24. The molecule has 0 spiro atoms. The zero-order chi connectivity index (χ0) is 24.4. The normalized spacial score (nSPS) is 11.2. The maximum atomic E-state index is 12.9. The minimum atomic E-state index is -0.271. The van der Waals surface area contributed by atoms with E-state index in [0.29, 0.717) is 30.8 Å². The number of hydrogen-bond acceptors (Lipinski definition) is 4. The first kappa shape index (κ1) is 28.1. The maximum absolute atomic E-state index is 12.9. The van der Waals surface area contributed by atoms with Crippen molar-refractivity contribution >= 4 is 16.8 Å². The van der Waals surface area contributed by atoms with E-state index in [9.17, 15) is 9.59 Å². The van der Waals surface area contributed by atoms with E-state index in [-0.39, 0.29) is 11.5 Å². The van der Waals surface area contributed by atoms with Crippen LogP contribution in [0.3, 0.4) is 0 Å². The second-order valence-corrected chi connectivity index (χ2v) is 9.46. The van der Waals surface area contributed by atoms with Crippen LogP contribution in [0.5, 0.6) is 5.75 Å². The van der Waals surface area contributed by atoms with E-state index < -0.39 is 0 Å². The molecule has 5 nitrogen and oxygen atoms in total. The van der Waals surface area contributed by atoms with Crippen LogP contribution in [0.15, 0.2) is 35.1 Å². The lowest BCUT2D eigenvalue weighted by atomic mass is 10.0. The lowest BCUT2D eigenvalue weighted by molar-refractivity contribution is 0.0900. The smallest absolute Gasteiger partial charge is 0.257 e. The zero-order valence-corrected chi connectivity index (χ0v) is 21.4. The molecule has 2 aromatic rings. The number of aromatic nitrogens is 1. The molecule has 0 unspecified atom stereocenters. The number of ether oxygens (including phenoxy) is 1. The minimum Gasteiger partial charge on any atom is -0.494 e. The van der Waals surface area contributed by atoms with E-state index in [1.54, 1.807) is 12.1 Å². The molecule has 0 aliphatic carbocycles. The number of fused-ring (bicyclic) bond motifs is 1. The molecule has 2 rings (SSSR count). The van der Waals surface area contributed by atoms with Crippen LogP contribution in [-0.4, -0.2) is 23.6 Å². The summed E-state index contributed by atoms with van der Waals surface area (Å²) in [6.07, 6.45) is 18.7. The number of benzene rings is 1. The summed E-state index contributed by atoms with van der Waals surface area (Å²) in [6.45, 7) is 3.48. The molecular formula is C29H46N2O3. The highest BCUT2D eigenvalue weighted by atomic mass is 16.5. The molecule has 2 N–H and O–H groups in total. The molecule has 0 atom stereocenters.